The maximum absolute atomic E-state index is 10.1. The zero-order chi connectivity index (χ0) is 7.58. The molecule has 0 nitrogen and oxygen atoms in total. The van der Waals surface area contributed by atoms with Gasteiger partial charge in [0, 0.05) is 0 Å². The first-order valence-corrected chi connectivity index (χ1v) is 1.73. The second kappa shape index (κ2) is 62.7. The van der Waals surface area contributed by atoms with E-state index in [0.29, 0.717) is 0 Å². The molecule has 0 bridgehead atoms. The molecule has 0 aromatic carbocycles. The van der Waals surface area contributed by atoms with Crippen molar-refractivity contribution >= 4 is 0 Å². The number of halogens is 3. The molecule has 0 N–H and O–H groups in total. The molecule has 0 aliphatic rings. The molecule has 0 amide bonds. The van der Waals surface area contributed by atoms with Crippen LogP contribution in [-0.4, -0.2) is 0 Å². The van der Waals surface area contributed by atoms with Gasteiger partial charge in [-0.2, -0.15) is 8.78 Å². The van der Waals surface area contributed by atoms with Crippen molar-refractivity contribution in [3.05, 3.63) is 39.0 Å². The molecule has 56 valence electrons. The third kappa shape index (κ3) is 180. The van der Waals surface area contributed by atoms with E-state index in [2.05, 4.69) is 32.9 Å². The third-order valence-corrected chi connectivity index (χ3v) is 0. The fourth-order valence-electron chi connectivity index (χ4n) is 0. The average molecular weight is 140 g/mol. The summed E-state index contributed by atoms with van der Waals surface area (Å²) in [5, 5.41) is 0. The maximum atomic E-state index is 10.1. The zero-order valence-corrected chi connectivity index (χ0v) is 5.20. The van der Waals surface area contributed by atoms with Crippen LogP contribution in [0.3, 0.4) is 0 Å². The number of rotatable bonds is 0. The second-order valence-corrected chi connectivity index (χ2v) is 0.339. The highest BCUT2D eigenvalue weighted by Crippen LogP contribution is 1.85. The molecule has 0 heterocycles. The number of hydrogen-bond donors (Lipinski definition) is 0. The number of hydrogen-bond acceptors (Lipinski definition) is 0. The summed E-state index contributed by atoms with van der Waals surface area (Å²) in [5.41, 5.74) is 0. The Kier molecular flexibility index (Phi) is 170. The van der Waals surface area contributed by atoms with Gasteiger partial charge in [-0.25, -0.2) is 0 Å². The molecule has 3 heteroatoms. The zero-order valence-electron chi connectivity index (χ0n) is 5.20. The molecule has 0 rings (SSSR count). The van der Waals surface area contributed by atoms with Crippen LogP contribution in [0.5, 0.6) is 0 Å². The molecular formula is C6H11F3. The Hall–Kier alpha value is -0.990. The van der Waals surface area contributed by atoms with Crippen LogP contribution in [0.15, 0.2) is 39.0 Å². The smallest absolute Gasteiger partial charge is 0.263 e. The van der Waals surface area contributed by atoms with E-state index in [1.54, 1.807) is 0 Å². The van der Waals surface area contributed by atoms with Gasteiger partial charge < -0.3 is 0 Å². The molecule has 0 saturated heterocycles. The highest BCUT2D eigenvalue weighted by Gasteiger charge is 1.65. The molecule has 0 saturated carbocycles. The Morgan fingerprint density at radius 3 is 0.889 bits per heavy atom. The molecule has 0 aromatic heterocycles. The molecule has 0 spiro atoms. The van der Waals surface area contributed by atoms with Crippen LogP contribution in [0, 0.1) is 0 Å². The van der Waals surface area contributed by atoms with Crippen LogP contribution in [0.25, 0.3) is 0 Å². The van der Waals surface area contributed by atoms with Gasteiger partial charge in [-0.3, -0.25) is 4.70 Å². The fraction of sp³-hybridized carbons (Fsp3) is 0. The second-order valence-electron chi connectivity index (χ2n) is 0.339. The minimum absolute atomic E-state index is 0. The highest BCUT2D eigenvalue weighted by atomic mass is 19.3. The lowest BCUT2D eigenvalue weighted by Crippen LogP contribution is -1.33. The first-order valence-electron chi connectivity index (χ1n) is 1.73. The van der Waals surface area contributed by atoms with Crippen LogP contribution in [0.4, 0.5) is 13.5 Å². The topological polar surface area (TPSA) is 0 Å². The van der Waals surface area contributed by atoms with E-state index in [0.717, 1.165) is 0 Å². The van der Waals surface area contributed by atoms with Crippen LogP contribution >= 0.6 is 0 Å². The SMILES string of the molecule is C=C.C=C.C=C(F)F.F. The van der Waals surface area contributed by atoms with Crippen LogP contribution < -0.4 is 0 Å². The quantitative estimate of drug-likeness (QED) is 0.453. The summed E-state index contributed by atoms with van der Waals surface area (Å²) < 4.78 is 20.3. The Morgan fingerprint density at radius 1 is 0.889 bits per heavy atom. The van der Waals surface area contributed by atoms with Gasteiger partial charge in [0.25, 0.3) is 6.08 Å². The molecule has 0 aromatic rings. The predicted molar refractivity (Wildman–Crippen MR) is 36.4 cm³/mol. The van der Waals surface area contributed by atoms with Gasteiger partial charge in [0.2, 0.25) is 0 Å². The van der Waals surface area contributed by atoms with Crippen LogP contribution in [0.1, 0.15) is 0 Å². The van der Waals surface area contributed by atoms with Gasteiger partial charge in [0.05, 0.1) is 0 Å². The Morgan fingerprint density at radius 2 is 0.889 bits per heavy atom. The summed E-state index contributed by atoms with van der Waals surface area (Å²) in [6, 6.07) is 0. The van der Waals surface area contributed by atoms with Crippen molar-refractivity contribution in [3.8, 4) is 0 Å². The van der Waals surface area contributed by atoms with Crippen molar-refractivity contribution < 1.29 is 13.5 Å². The minimum atomic E-state index is -1.83. The molecule has 0 radical (unpaired) electrons. The van der Waals surface area contributed by atoms with E-state index in [-0.39, 0.29) is 4.70 Å². The fourth-order valence-corrected chi connectivity index (χ4v) is 0. The van der Waals surface area contributed by atoms with E-state index in [1.807, 2.05) is 0 Å². The Balaban J connectivity index is -0.0000000221. The lowest BCUT2D eigenvalue weighted by atomic mass is 11.2. The summed E-state index contributed by atoms with van der Waals surface area (Å²) in [6.45, 7) is 14.2. The summed E-state index contributed by atoms with van der Waals surface area (Å²) in [7, 11) is 0. The standard InChI is InChI=1S/C2H2F2.2C2H4.FH/c1-2(3)4;2*1-2;/h1H2;2*1-2H2;1H. The van der Waals surface area contributed by atoms with E-state index in [4.69, 9.17) is 0 Å². The van der Waals surface area contributed by atoms with Gasteiger partial charge >= 0.3 is 0 Å². The normalized spacial score (nSPS) is 3.78. The first-order chi connectivity index (χ1) is 3.73. The van der Waals surface area contributed by atoms with E-state index < -0.39 is 6.08 Å². The third-order valence-electron chi connectivity index (χ3n) is 0. The van der Waals surface area contributed by atoms with Gasteiger partial charge in [0.1, 0.15) is 0 Å². The minimum Gasteiger partial charge on any atom is -0.269 e. The van der Waals surface area contributed by atoms with E-state index in [1.165, 1.54) is 0 Å². The van der Waals surface area contributed by atoms with Gasteiger partial charge in [0.15, 0.2) is 0 Å². The summed E-state index contributed by atoms with van der Waals surface area (Å²) in [5.74, 6) is 0. The van der Waals surface area contributed by atoms with Crippen molar-refractivity contribution in [2.45, 2.75) is 0 Å². The summed E-state index contributed by atoms with van der Waals surface area (Å²) in [4.78, 5) is 0. The van der Waals surface area contributed by atoms with Crippen molar-refractivity contribution in [2.75, 3.05) is 0 Å². The van der Waals surface area contributed by atoms with E-state index in [9.17, 15) is 8.78 Å². The Bertz CT molecular complexity index is 46.3. The first kappa shape index (κ1) is 24.5. The van der Waals surface area contributed by atoms with Crippen LogP contribution in [-0.2, 0) is 0 Å². The Labute approximate surface area is 53.6 Å². The molecule has 9 heavy (non-hydrogen) atoms. The maximum Gasteiger partial charge on any atom is 0.263 e. The lowest BCUT2D eigenvalue weighted by Gasteiger charge is -1.54. The molecule has 0 atom stereocenters. The van der Waals surface area contributed by atoms with Gasteiger partial charge in [-0.15, -0.1) is 26.3 Å². The largest absolute Gasteiger partial charge is 0.269 e. The predicted octanol–water partition coefficient (Wildman–Crippen LogP) is 3.15. The monoisotopic (exact) mass is 140 g/mol. The van der Waals surface area contributed by atoms with E-state index >= 15 is 0 Å². The van der Waals surface area contributed by atoms with Crippen molar-refractivity contribution in [3.63, 3.8) is 0 Å². The van der Waals surface area contributed by atoms with Crippen molar-refractivity contribution in [1.29, 1.82) is 0 Å². The molecule has 0 aliphatic carbocycles. The van der Waals surface area contributed by atoms with Gasteiger partial charge in [-0.05, 0) is 6.58 Å². The van der Waals surface area contributed by atoms with Gasteiger partial charge in [-0.1, -0.05) is 0 Å². The molecule has 0 fully saturated rings. The van der Waals surface area contributed by atoms with Crippen LogP contribution in [0.2, 0.25) is 0 Å². The molecule has 0 unspecified atom stereocenters. The average Bonchev–Trinajstić information content (AvgIpc) is 1.75. The summed E-state index contributed by atoms with van der Waals surface area (Å²) >= 11 is 0. The van der Waals surface area contributed by atoms with Crippen molar-refractivity contribution in [2.24, 2.45) is 0 Å². The highest BCUT2D eigenvalue weighted by molar-refractivity contribution is 4.57. The molecule has 0 aliphatic heterocycles. The summed E-state index contributed by atoms with van der Waals surface area (Å²) in [6.07, 6.45) is -1.83. The lowest BCUT2D eigenvalue weighted by molar-refractivity contribution is 0.426. The van der Waals surface area contributed by atoms with Crippen molar-refractivity contribution in [1.82, 2.24) is 0 Å². The molecular weight excluding hydrogens is 129 g/mol.